The number of para-hydroxylation sites is 1. The van der Waals surface area contributed by atoms with Crippen LogP contribution in [0.2, 0.25) is 0 Å². The van der Waals surface area contributed by atoms with Gasteiger partial charge in [-0.15, -0.1) is 11.8 Å². The van der Waals surface area contributed by atoms with Gasteiger partial charge >= 0.3 is 32.4 Å². The summed E-state index contributed by atoms with van der Waals surface area (Å²) in [5, 5.41) is 60.5. The number of carbonyl (C=O) groups is 2. The average Bonchev–Trinajstić information content (AvgIpc) is 0.821. The molecule has 0 unspecified atom stereocenters. The van der Waals surface area contributed by atoms with Gasteiger partial charge in [0.2, 0.25) is 0 Å². The Morgan fingerprint density at radius 2 is 0.825 bits per heavy atom. The molecule has 0 fully saturated rings. The molecule has 97 heavy (non-hydrogen) atoms. The number of unbranched alkanes of at least 4 members (excludes halogenated alkanes) is 29. The number of nitrogens with zero attached hydrogens (tertiary/aromatic N) is 2. The number of aryl methyl sites for hydroxylation is 5. The van der Waals surface area contributed by atoms with Gasteiger partial charge in [0, 0.05) is 12.8 Å². The fourth-order valence-corrected chi connectivity index (χ4v) is 12.5. The van der Waals surface area contributed by atoms with Crippen molar-refractivity contribution in [3.63, 3.8) is 0 Å². The molecule has 0 saturated heterocycles. The molecule has 0 aromatic heterocycles. The van der Waals surface area contributed by atoms with Gasteiger partial charge in [-0.3, -0.25) is 4.99 Å². The number of carboxylic acid groups (broad SMARTS) is 2. The SMILES string of the molecule is CCCCCCCCCCCC#CCCc1ccccc1N=C(CCCC)C(C=CCCCCCCCCCCCCC)=Nc1ccc(CCCCC)c(CCCCC)c1.CCCCCc1cc(O)c([O-])c(C(=O)O)c1CC.CCCCCc1cc(O)c([O-])c(C(=O)O)c1CC.[Pd+2]. The first-order valence-electron chi connectivity index (χ1n) is 38.8. The third-order valence-electron chi connectivity index (χ3n) is 18.3. The van der Waals surface area contributed by atoms with Crippen LogP contribution >= 0.6 is 0 Å². The van der Waals surface area contributed by atoms with E-state index in [1.165, 1.54) is 202 Å². The predicted octanol–water partition coefficient (Wildman–Crippen LogP) is 24.2. The Morgan fingerprint density at radius 3 is 1.28 bits per heavy atom. The number of hydrogen-bond donors (Lipinski definition) is 4. The normalized spacial score (nSPS) is 11.4. The van der Waals surface area contributed by atoms with E-state index in [0.29, 0.717) is 36.8 Å². The van der Waals surface area contributed by atoms with Crippen LogP contribution in [-0.2, 0) is 65.4 Å². The Labute approximate surface area is 604 Å². The molecule has 4 aromatic rings. The number of aromatic carboxylic acids is 2. The van der Waals surface area contributed by atoms with Crippen molar-refractivity contribution in [3.05, 3.63) is 117 Å². The largest absolute Gasteiger partial charge is 2.00 e. The molecule has 0 spiro atoms. The van der Waals surface area contributed by atoms with Crippen LogP contribution in [0.3, 0.4) is 0 Å². The maximum atomic E-state index is 11.6. The van der Waals surface area contributed by atoms with Crippen LogP contribution in [-0.4, -0.2) is 43.8 Å². The van der Waals surface area contributed by atoms with Crippen molar-refractivity contribution in [1.29, 1.82) is 0 Å². The zero-order valence-electron chi connectivity index (χ0n) is 62.3. The summed E-state index contributed by atoms with van der Waals surface area (Å²) in [6.07, 6.45) is 57.7. The molecule has 0 heterocycles. The second-order valence-electron chi connectivity index (χ2n) is 26.5. The summed E-state index contributed by atoms with van der Waals surface area (Å²) in [4.78, 5) is 33.2. The van der Waals surface area contributed by atoms with Crippen molar-refractivity contribution in [2.75, 3.05) is 0 Å². The molecule has 0 aliphatic carbocycles. The summed E-state index contributed by atoms with van der Waals surface area (Å²) < 4.78 is 0. The van der Waals surface area contributed by atoms with E-state index < -0.39 is 34.9 Å². The van der Waals surface area contributed by atoms with Crippen LogP contribution in [0.15, 0.2) is 76.7 Å². The fourth-order valence-electron chi connectivity index (χ4n) is 12.5. The minimum atomic E-state index is -1.26. The second-order valence-corrected chi connectivity index (χ2v) is 26.5. The zero-order valence-corrected chi connectivity index (χ0v) is 63.9. The molecule has 0 radical (unpaired) electrons. The van der Waals surface area contributed by atoms with Crippen LogP contribution in [0.4, 0.5) is 11.4 Å². The molecule has 0 amide bonds. The molecule has 0 atom stereocenters. The second kappa shape index (κ2) is 58.2. The summed E-state index contributed by atoms with van der Waals surface area (Å²) in [6, 6.07) is 18.7. The first kappa shape index (κ1) is 89.3. The first-order valence-corrected chi connectivity index (χ1v) is 38.8. The van der Waals surface area contributed by atoms with Crippen LogP contribution in [0, 0.1) is 11.8 Å². The maximum Gasteiger partial charge on any atom is 2.00 e. The first-order chi connectivity index (χ1) is 46.7. The standard InChI is InChI=1S/C58H94N2.2C14H20O4.Pd/c1-6-11-16-18-20-22-24-26-28-30-32-34-38-43-53-44-40-41-47-56(53)60-58(46-15-10-5)57(48-39-35-33-31-29-27-25-23-21-19-17-12-7-2)59-55-50-49-52(42-36-13-8-3)54(51-55)45-37-14-9-4;2*1-3-5-6-7-9-8-11(15)13(16)12(14(17)18)10(9)4-2;/h39-41,44,47-51H,6-31,33,35-38,42-43,45-46H2,1-5H3;2*8,15-16H,3-7H2,1-2H3,(H,17,18);/q;;;+2/p-2. The number of hydrogen-bond acceptors (Lipinski definition) is 8. The monoisotopic (exact) mass is 1430 g/mol. The van der Waals surface area contributed by atoms with Gasteiger partial charge in [0.15, 0.2) is 0 Å². The van der Waals surface area contributed by atoms with E-state index in [-0.39, 0.29) is 31.5 Å². The molecular weight excluding hydrogens is 1300 g/mol. The van der Waals surface area contributed by atoms with E-state index in [0.717, 1.165) is 124 Å². The Bertz CT molecular complexity index is 2830. The molecule has 0 saturated carbocycles. The number of allylic oxidation sites excluding steroid dienone is 2. The zero-order chi connectivity index (χ0) is 70.4. The number of phenolic OH excluding ortho intramolecular Hbond substituents is 2. The predicted molar refractivity (Wildman–Crippen MR) is 405 cm³/mol. The van der Waals surface area contributed by atoms with E-state index in [1.807, 2.05) is 13.8 Å². The van der Waals surface area contributed by atoms with E-state index in [9.17, 15) is 30.0 Å². The van der Waals surface area contributed by atoms with Crippen LogP contribution in [0.5, 0.6) is 23.0 Å². The third kappa shape index (κ3) is 37.9. The van der Waals surface area contributed by atoms with Crippen molar-refractivity contribution < 1.29 is 60.7 Å². The van der Waals surface area contributed by atoms with E-state index >= 15 is 0 Å². The molecular formula is C86H132N2O8Pd. The van der Waals surface area contributed by atoms with Gasteiger partial charge in [-0.1, -0.05) is 278 Å². The Balaban J connectivity index is 0.00000102. The summed E-state index contributed by atoms with van der Waals surface area (Å²) >= 11 is 0. The Morgan fingerprint density at radius 1 is 0.423 bits per heavy atom. The van der Waals surface area contributed by atoms with Gasteiger partial charge in [-0.05, 0) is 178 Å². The quantitative estimate of drug-likeness (QED) is 0.0146. The van der Waals surface area contributed by atoms with Crippen molar-refractivity contribution in [2.45, 2.75) is 351 Å². The average molecular weight is 1430 g/mol. The molecule has 4 rings (SSSR count). The number of aliphatic imine (C=N–C) groups is 2. The minimum absolute atomic E-state index is 0. The number of aromatic hydroxyl groups is 2. The number of phenols is 2. The Hall–Kier alpha value is -5.68. The van der Waals surface area contributed by atoms with Crippen LogP contribution in [0.1, 0.15) is 366 Å². The molecule has 0 aliphatic heterocycles. The van der Waals surface area contributed by atoms with E-state index in [2.05, 4.69) is 115 Å². The maximum absolute atomic E-state index is 11.6. The topological polar surface area (TPSA) is 186 Å². The molecule has 0 bridgehead atoms. The molecule has 10 nitrogen and oxygen atoms in total. The molecule has 4 N–H and O–H groups in total. The van der Waals surface area contributed by atoms with Gasteiger partial charge < -0.3 is 30.6 Å². The van der Waals surface area contributed by atoms with E-state index in [1.54, 1.807) is 0 Å². The summed E-state index contributed by atoms with van der Waals surface area (Å²) in [5.74, 6) is 2.00. The van der Waals surface area contributed by atoms with Crippen LogP contribution in [0.25, 0.3) is 0 Å². The Kier molecular flexibility index (Phi) is 53.6. The summed E-state index contributed by atoms with van der Waals surface area (Å²) in [6.45, 7) is 19.3. The fraction of sp³-hybridized carbons (Fsp3) is 0.628. The van der Waals surface area contributed by atoms with Crippen molar-refractivity contribution >= 4 is 34.7 Å². The van der Waals surface area contributed by atoms with Gasteiger partial charge in [0.05, 0.1) is 33.9 Å². The molecule has 11 heteroatoms. The van der Waals surface area contributed by atoms with Crippen molar-refractivity contribution in [1.82, 2.24) is 0 Å². The van der Waals surface area contributed by atoms with E-state index in [4.69, 9.17) is 20.2 Å². The van der Waals surface area contributed by atoms with Gasteiger partial charge in [0.1, 0.15) is 11.5 Å². The molecule has 4 aromatic carbocycles. The summed E-state index contributed by atoms with van der Waals surface area (Å²) in [7, 11) is 0. The van der Waals surface area contributed by atoms with Crippen molar-refractivity contribution in [3.8, 4) is 34.8 Å². The smallest absolute Gasteiger partial charge is 0.869 e. The van der Waals surface area contributed by atoms with Gasteiger partial charge in [-0.25, -0.2) is 14.6 Å². The number of rotatable bonds is 50. The number of carboxylic acids is 2. The van der Waals surface area contributed by atoms with Gasteiger partial charge in [-0.2, -0.15) is 0 Å². The van der Waals surface area contributed by atoms with Crippen molar-refractivity contribution in [2.24, 2.45) is 9.98 Å². The third-order valence-corrected chi connectivity index (χ3v) is 18.3. The van der Waals surface area contributed by atoms with Gasteiger partial charge in [0.25, 0.3) is 0 Å². The molecule has 544 valence electrons. The molecule has 0 aliphatic rings. The minimum Gasteiger partial charge on any atom is -0.869 e. The summed E-state index contributed by atoms with van der Waals surface area (Å²) in [5.41, 5.74) is 10.8. The number of benzene rings is 4. The van der Waals surface area contributed by atoms with Crippen LogP contribution < -0.4 is 10.2 Å².